The van der Waals surface area contributed by atoms with Crippen LogP contribution in [0.5, 0.6) is 0 Å². The van der Waals surface area contributed by atoms with Gasteiger partial charge in [-0.15, -0.1) is 0 Å². The van der Waals surface area contributed by atoms with Crippen LogP contribution in [0.2, 0.25) is 0 Å². The number of aliphatic imine (C=N–C) groups is 1. The Kier molecular flexibility index (Phi) is 3.47. The first-order valence-corrected chi connectivity index (χ1v) is 7.83. The van der Waals surface area contributed by atoms with Crippen molar-refractivity contribution in [3.8, 4) is 0 Å². The molecule has 4 aromatic rings. The van der Waals surface area contributed by atoms with E-state index in [-0.39, 0.29) is 5.84 Å². The van der Waals surface area contributed by atoms with Gasteiger partial charge in [-0.3, -0.25) is 5.41 Å². The van der Waals surface area contributed by atoms with Gasteiger partial charge in [0.15, 0.2) is 5.84 Å². The lowest BCUT2D eigenvalue weighted by molar-refractivity contribution is 0.669. The Morgan fingerprint density at radius 2 is 1.50 bits per heavy atom. The first-order chi connectivity index (χ1) is 11.7. The predicted molar refractivity (Wildman–Crippen MR) is 99.2 cm³/mol. The van der Waals surface area contributed by atoms with Crippen LogP contribution in [0.1, 0.15) is 18.1 Å². The van der Waals surface area contributed by atoms with Crippen LogP contribution in [0.15, 0.2) is 82.2 Å². The molecule has 0 aliphatic rings. The molecule has 0 aliphatic heterocycles. The van der Waals surface area contributed by atoms with E-state index in [1.54, 1.807) is 0 Å². The van der Waals surface area contributed by atoms with Crippen molar-refractivity contribution in [2.24, 2.45) is 4.99 Å². The molecule has 1 heterocycles. The normalized spacial score (nSPS) is 12.0. The van der Waals surface area contributed by atoms with E-state index in [0.717, 1.165) is 38.8 Å². The molecule has 0 bridgehead atoms. The summed E-state index contributed by atoms with van der Waals surface area (Å²) < 4.78 is 5.86. The maximum absolute atomic E-state index is 8.17. The highest BCUT2D eigenvalue weighted by Gasteiger charge is 2.08. The van der Waals surface area contributed by atoms with E-state index in [1.807, 2.05) is 67.6 Å². The highest BCUT2D eigenvalue weighted by Crippen LogP contribution is 2.29. The summed E-state index contributed by atoms with van der Waals surface area (Å²) in [5.41, 5.74) is 4.37. The zero-order valence-corrected chi connectivity index (χ0v) is 13.3. The molecule has 0 saturated heterocycles. The molecule has 4 rings (SSSR count). The number of hydrogen-bond acceptors (Lipinski definition) is 2. The number of furan rings is 1. The third kappa shape index (κ3) is 2.50. The van der Waals surface area contributed by atoms with Gasteiger partial charge in [0, 0.05) is 22.0 Å². The molecule has 3 heteroatoms. The SMILES string of the molecule is CC(=NC(=N)c1ccccc1)c1ccc2oc3ccccc3c2c1. The Morgan fingerprint density at radius 3 is 2.33 bits per heavy atom. The maximum atomic E-state index is 8.17. The van der Waals surface area contributed by atoms with Gasteiger partial charge >= 0.3 is 0 Å². The van der Waals surface area contributed by atoms with Crippen LogP contribution in [0.3, 0.4) is 0 Å². The van der Waals surface area contributed by atoms with Crippen LogP contribution in [-0.4, -0.2) is 11.5 Å². The van der Waals surface area contributed by atoms with Gasteiger partial charge in [0.05, 0.1) is 0 Å². The van der Waals surface area contributed by atoms with E-state index in [2.05, 4.69) is 17.1 Å². The molecule has 116 valence electrons. The molecule has 3 aromatic carbocycles. The Morgan fingerprint density at radius 1 is 0.792 bits per heavy atom. The number of fused-ring (bicyclic) bond motifs is 3. The first kappa shape index (κ1) is 14.4. The smallest absolute Gasteiger partial charge is 0.152 e. The van der Waals surface area contributed by atoms with Gasteiger partial charge in [-0.25, -0.2) is 4.99 Å². The fourth-order valence-electron chi connectivity index (χ4n) is 2.84. The Bertz CT molecular complexity index is 1070. The molecular formula is C21H16N2O. The van der Waals surface area contributed by atoms with E-state index < -0.39 is 0 Å². The quantitative estimate of drug-likeness (QED) is 0.390. The summed E-state index contributed by atoms with van der Waals surface area (Å²) >= 11 is 0. The average molecular weight is 312 g/mol. The van der Waals surface area contributed by atoms with Gasteiger partial charge in [0.25, 0.3) is 0 Å². The zero-order valence-electron chi connectivity index (χ0n) is 13.3. The molecule has 24 heavy (non-hydrogen) atoms. The largest absolute Gasteiger partial charge is 0.456 e. The topological polar surface area (TPSA) is 49.4 Å². The number of para-hydroxylation sites is 1. The standard InChI is InChI=1S/C21H16N2O/c1-14(23-21(22)15-7-3-2-4-8-15)16-11-12-20-18(13-16)17-9-5-6-10-19(17)24-20/h2-13,22H,1H3. The van der Waals surface area contributed by atoms with Gasteiger partial charge in [-0.05, 0) is 36.8 Å². The van der Waals surface area contributed by atoms with Crippen LogP contribution in [0, 0.1) is 5.41 Å². The fraction of sp³-hybridized carbons (Fsp3) is 0.0476. The van der Waals surface area contributed by atoms with Crippen molar-refractivity contribution < 1.29 is 4.42 Å². The van der Waals surface area contributed by atoms with Crippen molar-refractivity contribution in [1.29, 1.82) is 5.41 Å². The summed E-state index contributed by atoms with van der Waals surface area (Å²) in [7, 11) is 0. The van der Waals surface area contributed by atoms with Crippen molar-refractivity contribution in [2.45, 2.75) is 6.92 Å². The van der Waals surface area contributed by atoms with Crippen LogP contribution >= 0.6 is 0 Å². The summed E-state index contributed by atoms with van der Waals surface area (Å²) in [6.45, 7) is 1.93. The highest BCUT2D eigenvalue weighted by atomic mass is 16.3. The van der Waals surface area contributed by atoms with Crippen LogP contribution < -0.4 is 0 Å². The lowest BCUT2D eigenvalue weighted by Gasteiger charge is -2.03. The van der Waals surface area contributed by atoms with Crippen LogP contribution in [0.4, 0.5) is 0 Å². The van der Waals surface area contributed by atoms with Gasteiger partial charge in [0.1, 0.15) is 11.2 Å². The zero-order chi connectivity index (χ0) is 16.5. The summed E-state index contributed by atoms with van der Waals surface area (Å²) in [4.78, 5) is 4.46. The molecule has 0 amide bonds. The summed E-state index contributed by atoms with van der Waals surface area (Å²) in [6, 6.07) is 23.6. The molecule has 0 radical (unpaired) electrons. The number of nitrogens with zero attached hydrogens (tertiary/aromatic N) is 1. The first-order valence-electron chi connectivity index (χ1n) is 7.83. The Hall–Kier alpha value is -3.20. The molecule has 0 atom stereocenters. The second kappa shape index (κ2) is 5.78. The number of benzene rings is 3. The van der Waals surface area contributed by atoms with Gasteiger partial charge < -0.3 is 4.42 Å². The number of amidine groups is 1. The van der Waals surface area contributed by atoms with Crippen molar-refractivity contribution in [3.05, 3.63) is 83.9 Å². The third-order valence-electron chi connectivity index (χ3n) is 4.12. The molecule has 1 aromatic heterocycles. The number of nitrogens with one attached hydrogen (secondary N) is 1. The third-order valence-corrected chi connectivity index (χ3v) is 4.12. The van der Waals surface area contributed by atoms with Gasteiger partial charge in [0.2, 0.25) is 0 Å². The highest BCUT2D eigenvalue weighted by molar-refractivity contribution is 6.13. The summed E-state index contributed by atoms with van der Waals surface area (Å²) in [6.07, 6.45) is 0. The van der Waals surface area contributed by atoms with Crippen molar-refractivity contribution in [2.75, 3.05) is 0 Å². The number of hydrogen-bond donors (Lipinski definition) is 1. The van der Waals surface area contributed by atoms with E-state index in [4.69, 9.17) is 9.83 Å². The van der Waals surface area contributed by atoms with Crippen molar-refractivity contribution >= 4 is 33.5 Å². The Labute approximate surface area is 139 Å². The lowest BCUT2D eigenvalue weighted by Crippen LogP contribution is -2.02. The van der Waals surface area contributed by atoms with Crippen molar-refractivity contribution in [1.82, 2.24) is 0 Å². The number of rotatable bonds is 2. The van der Waals surface area contributed by atoms with Gasteiger partial charge in [-0.1, -0.05) is 48.5 Å². The van der Waals surface area contributed by atoms with E-state index >= 15 is 0 Å². The van der Waals surface area contributed by atoms with Crippen molar-refractivity contribution in [3.63, 3.8) is 0 Å². The fourth-order valence-corrected chi connectivity index (χ4v) is 2.84. The summed E-state index contributed by atoms with van der Waals surface area (Å²) in [5, 5.41) is 10.3. The Balaban J connectivity index is 1.77. The molecule has 0 aliphatic carbocycles. The molecule has 0 spiro atoms. The van der Waals surface area contributed by atoms with Gasteiger partial charge in [-0.2, -0.15) is 0 Å². The minimum Gasteiger partial charge on any atom is -0.456 e. The molecule has 3 nitrogen and oxygen atoms in total. The molecule has 0 saturated carbocycles. The lowest BCUT2D eigenvalue weighted by atomic mass is 10.1. The van der Waals surface area contributed by atoms with Crippen LogP contribution in [-0.2, 0) is 0 Å². The predicted octanol–water partition coefficient (Wildman–Crippen LogP) is 5.42. The van der Waals surface area contributed by atoms with Crippen LogP contribution in [0.25, 0.3) is 21.9 Å². The second-order valence-electron chi connectivity index (χ2n) is 5.72. The van der Waals surface area contributed by atoms with E-state index in [9.17, 15) is 0 Å². The maximum Gasteiger partial charge on any atom is 0.152 e. The molecule has 0 unspecified atom stereocenters. The minimum absolute atomic E-state index is 0.269. The monoisotopic (exact) mass is 312 g/mol. The molecule has 1 N–H and O–H groups in total. The van der Waals surface area contributed by atoms with E-state index in [0.29, 0.717) is 0 Å². The molecular weight excluding hydrogens is 296 g/mol. The van der Waals surface area contributed by atoms with E-state index in [1.165, 1.54) is 0 Å². The minimum atomic E-state index is 0.269. The second-order valence-corrected chi connectivity index (χ2v) is 5.72. The average Bonchev–Trinajstić information content (AvgIpc) is 3.00. The summed E-state index contributed by atoms with van der Waals surface area (Å²) in [5.74, 6) is 0.269. The molecule has 0 fully saturated rings.